The number of hydrogen-bond acceptors (Lipinski definition) is 5. The molecular formula is C17H18N4OS. The maximum atomic E-state index is 10.2. The molecule has 0 saturated heterocycles. The van der Waals surface area contributed by atoms with Crippen LogP contribution in [0.5, 0.6) is 0 Å². The van der Waals surface area contributed by atoms with Gasteiger partial charge in [0.2, 0.25) is 0 Å². The van der Waals surface area contributed by atoms with Gasteiger partial charge in [0.25, 0.3) is 0 Å². The van der Waals surface area contributed by atoms with Crippen LogP contribution in [0.2, 0.25) is 0 Å². The summed E-state index contributed by atoms with van der Waals surface area (Å²) < 4.78 is 3.35. The molecule has 0 aromatic carbocycles. The van der Waals surface area contributed by atoms with E-state index < -0.39 is 6.10 Å². The van der Waals surface area contributed by atoms with Crippen molar-refractivity contribution in [3.05, 3.63) is 23.5 Å². The van der Waals surface area contributed by atoms with Gasteiger partial charge in [-0.25, -0.2) is 4.98 Å². The van der Waals surface area contributed by atoms with Gasteiger partial charge >= 0.3 is 0 Å². The van der Waals surface area contributed by atoms with E-state index in [4.69, 9.17) is 5.26 Å². The van der Waals surface area contributed by atoms with Gasteiger partial charge in [0.1, 0.15) is 17.4 Å². The highest BCUT2D eigenvalue weighted by atomic mass is 32.1. The minimum atomic E-state index is -0.619. The molecule has 5 nitrogen and oxygen atoms in total. The number of aliphatic hydroxyl groups is 1. The van der Waals surface area contributed by atoms with Crippen molar-refractivity contribution in [3.63, 3.8) is 0 Å². The molecule has 3 heterocycles. The van der Waals surface area contributed by atoms with E-state index in [-0.39, 0.29) is 5.92 Å². The van der Waals surface area contributed by atoms with Gasteiger partial charge in [-0.3, -0.25) is 4.98 Å². The highest BCUT2D eigenvalue weighted by molar-refractivity contribution is 7.18. The summed E-state index contributed by atoms with van der Waals surface area (Å²) in [5.74, 6) is 0.877. The first-order chi connectivity index (χ1) is 11.2. The van der Waals surface area contributed by atoms with Crippen molar-refractivity contribution in [1.29, 1.82) is 5.26 Å². The van der Waals surface area contributed by atoms with Gasteiger partial charge in [-0.05, 0) is 44.1 Å². The molecule has 6 heteroatoms. The van der Waals surface area contributed by atoms with Crippen LogP contribution in [0.3, 0.4) is 0 Å². The second kappa shape index (κ2) is 5.59. The third-order valence-corrected chi connectivity index (χ3v) is 5.68. The van der Waals surface area contributed by atoms with Crippen LogP contribution in [0.1, 0.15) is 50.6 Å². The van der Waals surface area contributed by atoms with E-state index in [2.05, 4.69) is 20.6 Å². The lowest BCUT2D eigenvalue weighted by Gasteiger charge is -2.28. The quantitative estimate of drug-likeness (QED) is 0.773. The van der Waals surface area contributed by atoms with Crippen molar-refractivity contribution in [2.45, 2.75) is 44.8 Å². The molecule has 1 saturated carbocycles. The molecule has 1 fully saturated rings. The molecule has 1 atom stereocenters. The average Bonchev–Trinajstić information content (AvgIpc) is 3.18. The first-order valence-electron chi connectivity index (χ1n) is 8.00. The Morgan fingerprint density at radius 3 is 2.83 bits per heavy atom. The fourth-order valence-electron chi connectivity index (χ4n) is 3.62. The van der Waals surface area contributed by atoms with E-state index in [1.54, 1.807) is 24.5 Å². The molecule has 3 aromatic heterocycles. The Kier molecular flexibility index (Phi) is 3.55. The summed E-state index contributed by atoms with van der Waals surface area (Å²) in [6, 6.07) is 4.70. The first kappa shape index (κ1) is 14.6. The minimum absolute atomic E-state index is 0.166. The Morgan fingerprint density at radius 2 is 2.13 bits per heavy atom. The number of aromatic nitrogens is 3. The Morgan fingerprint density at radius 1 is 1.35 bits per heavy atom. The maximum absolute atomic E-state index is 10.2. The van der Waals surface area contributed by atoms with Crippen LogP contribution in [0.4, 0.5) is 0 Å². The van der Waals surface area contributed by atoms with Crippen molar-refractivity contribution in [2.75, 3.05) is 0 Å². The van der Waals surface area contributed by atoms with Crippen molar-refractivity contribution in [2.24, 2.45) is 5.92 Å². The van der Waals surface area contributed by atoms with Crippen LogP contribution in [-0.2, 0) is 0 Å². The SMILES string of the molecule is C[C@@H](O)c1nc2cnc3ccsc3c2n1C1CCC(C#N)CC1. The molecule has 0 aliphatic heterocycles. The molecule has 118 valence electrons. The summed E-state index contributed by atoms with van der Waals surface area (Å²) in [6.45, 7) is 1.76. The molecule has 0 spiro atoms. The fourth-order valence-corrected chi connectivity index (χ4v) is 4.51. The zero-order chi connectivity index (χ0) is 16.0. The number of hydrogen-bond donors (Lipinski definition) is 1. The normalized spacial score (nSPS) is 23.2. The highest BCUT2D eigenvalue weighted by Gasteiger charge is 2.28. The maximum Gasteiger partial charge on any atom is 0.138 e. The number of pyridine rings is 1. The van der Waals surface area contributed by atoms with Crippen molar-refractivity contribution in [3.8, 4) is 6.07 Å². The number of fused-ring (bicyclic) bond motifs is 3. The number of thiophene rings is 1. The largest absolute Gasteiger partial charge is 0.385 e. The second-order valence-corrected chi connectivity index (χ2v) is 7.19. The summed E-state index contributed by atoms with van der Waals surface area (Å²) in [5, 5.41) is 21.4. The van der Waals surface area contributed by atoms with Crippen LogP contribution < -0.4 is 0 Å². The Balaban J connectivity index is 1.90. The fraction of sp³-hybridized carbons (Fsp3) is 0.471. The van der Waals surface area contributed by atoms with Gasteiger partial charge < -0.3 is 9.67 Å². The van der Waals surface area contributed by atoms with Gasteiger partial charge in [-0.15, -0.1) is 11.3 Å². The first-order valence-corrected chi connectivity index (χ1v) is 8.88. The Bertz CT molecular complexity index is 896. The lowest BCUT2D eigenvalue weighted by molar-refractivity contribution is 0.177. The average molecular weight is 326 g/mol. The van der Waals surface area contributed by atoms with Crippen molar-refractivity contribution in [1.82, 2.24) is 14.5 Å². The number of nitrogens with zero attached hydrogens (tertiary/aromatic N) is 4. The van der Waals surface area contributed by atoms with E-state index in [9.17, 15) is 5.11 Å². The zero-order valence-electron chi connectivity index (χ0n) is 12.9. The number of nitriles is 1. The molecule has 1 N–H and O–H groups in total. The number of aliphatic hydroxyl groups excluding tert-OH is 1. The summed E-state index contributed by atoms with van der Waals surface area (Å²) in [4.78, 5) is 9.11. The zero-order valence-corrected chi connectivity index (χ0v) is 13.8. The Hall–Kier alpha value is -1.97. The summed E-state index contributed by atoms with van der Waals surface area (Å²) in [7, 11) is 0. The molecule has 0 amide bonds. The topological polar surface area (TPSA) is 74.7 Å². The van der Waals surface area contributed by atoms with Crippen LogP contribution >= 0.6 is 11.3 Å². The van der Waals surface area contributed by atoms with Crippen molar-refractivity contribution < 1.29 is 5.11 Å². The predicted molar refractivity (Wildman–Crippen MR) is 90.2 cm³/mol. The summed E-state index contributed by atoms with van der Waals surface area (Å²) >= 11 is 1.67. The summed E-state index contributed by atoms with van der Waals surface area (Å²) in [5.41, 5.74) is 2.91. The van der Waals surface area contributed by atoms with Crippen LogP contribution in [-0.4, -0.2) is 19.6 Å². The van der Waals surface area contributed by atoms with Gasteiger partial charge in [-0.1, -0.05) is 0 Å². The third kappa shape index (κ3) is 2.32. The monoisotopic (exact) mass is 326 g/mol. The second-order valence-electron chi connectivity index (χ2n) is 6.28. The third-order valence-electron chi connectivity index (χ3n) is 4.77. The van der Waals surface area contributed by atoms with Gasteiger partial charge in [0, 0.05) is 12.0 Å². The lowest BCUT2D eigenvalue weighted by Crippen LogP contribution is -2.20. The molecule has 4 rings (SSSR count). The molecule has 0 radical (unpaired) electrons. The standard InChI is InChI=1S/C17H18N4OS/c1-10(22)17-20-14-9-19-13-6-7-23-16(13)15(14)21(17)12-4-2-11(8-18)3-5-12/h6-7,9-12,22H,2-5H2,1H3/t10-,11?,12?/m1/s1. The minimum Gasteiger partial charge on any atom is -0.385 e. The molecule has 0 bridgehead atoms. The summed E-state index contributed by atoms with van der Waals surface area (Å²) in [6.07, 6.45) is 4.92. The van der Waals surface area contributed by atoms with Crippen LogP contribution in [0.25, 0.3) is 21.3 Å². The lowest BCUT2D eigenvalue weighted by atomic mass is 9.86. The van der Waals surface area contributed by atoms with E-state index in [1.165, 1.54) is 0 Å². The molecule has 3 aromatic rings. The predicted octanol–water partition coefficient (Wildman–Crippen LogP) is 3.95. The van der Waals surface area contributed by atoms with E-state index in [0.717, 1.165) is 46.9 Å². The Labute approximate surface area is 138 Å². The molecule has 0 unspecified atom stereocenters. The molecule has 23 heavy (non-hydrogen) atoms. The van der Waals surface area contributed by atoms with Gasteiger partial charge in [-0.2, -0.15) is 5.26 Å². The van der Waals surface area contributed by atoms with Gasteiger partial charge in [0.05, 0.1) is 28.0 Å². The van der Waals surface area contributed by atoms with Crippen LogP contribution in [0.15, 0.2) is 17.6 Å². The number of rotatable bonds is 2. The molecule has 1 aliphatic carbocycles. The highest BCUT2D eigenvalue weighted by Crippen LogP contribution is 2.39. The van der Waals surface area contributed by atoms with Gasteiger partial charge in [0.15, 0.2) is 0 Å². The van der Waals surface area contributed by atoms with Crippen molar-refractivity contribution >= 4 is 32.6 Å². The smallest absolute Gasteiger partial charge is 0.138 e. The van der Waals surface area contributed by atoms with E-state index >= 15 is 0 Å². The van der Waals surface area contributed by atoms with Crippen LogP contribution in [0, 0.1) is 17.2 Å². The van der Waals surface area contributed by atoms with E-state index in [1.807, 2.05) is 11.4 Å². The molecular weight excluding hydrogens is 308 g/mol. The molecule has 1 aliphatic rings. The number of imidazole rings is 1. The van der Waals surface area contributed by atoms with E-state index in [0.29, 0.717) is 11.9 Å².